The minimum Gasteiger partial charge on any atom is -0.493 e. The minimum atomic E-state index is -0.868. The van der Waals surface area contributed by atoms with Crippen molar-refractivity contribution in [3.05, 3.63) is 123 Å². The number of methoxy groups -OCH3 is 1. The van der Waals surface area contributed by atoms with Gasteiger partial charge in [0.1, 0.15) is 24.5 Å². The number of halogens is 2. The first-order valence-electron chi connectivity index (χ1n) is 13.2. The number of ether oxygens (including phenoxy) is 3. The van der Waals surface area contributed by atoms with Gasteiger partial charge in [0.2, 0.25) is 0 Å². The second kappa shape index (κ2) is 13.0. The van der Waals surface area contributed by atoms with E-state index in [1.54, 1.807) is 42.5 Å². The highest BCUT2D eigenvalue weighted by molar-refractivity contribution is 6.39. The van der Waals surface area contributed by atoms with E-state index >= 15 is 0 Å². The maximum Gasteiger partial charge on any atom is 0.335 e. The fourth-order valence-electron chi connectivity index (χ4n) is 4.33. The number of carbonyl (C=O) groups is 3. The molecule has 1 heterocycles. The van der Waals surface area contributed by atoms with Crippen molar-refractivity contribution in [1.82, 2.24) is 5.32 Å². The van der Waals surface area contributed by atoms with Crippen LogP contribution in [-0.4, -0.2) is 25.0 Å². The van der Waals surface area contributed by atoms with E-state index in [2.05, 4.69) is 5.32 Å². The normalized spacial score (nSPS) is 14.1. The molecule has 0 bridgehead atoms. The molecule has 4 aromatic rings. The Morgan fingerprint density at radius 2 is 1.56 bits per heavy atom. The van der Waals surface area contributed by atoms with E-state index < -0.39 is 17.8 Å². The van der Waals surface area contributed by atoms with Crippen molar-refractivity contribution in [1.29, 1.82) is 0 Å². The van der Waals surface area contributed by atoms with Gasteiger partial charge in [-0.1, -0.05) is 71.2 Å². The van der Waals surface area contributed by atoms with Crippen molar-refractivity contribution in [3.8, 4) is 17.2 Å². The van der Waals surface area contributed by atoms with Crippen LogP contribution in [-0.2, 0) is 22.8 Å². The molecular weight excluding hydrogens is 591 g/mol. The van der Waals surface area contributed by atoms with Crippen LogP contribution in [0.2, 0.25) is 10.0 Å². The first-order valence-corrected chi connectivity index (χ1v) is 13.9. The number of hydrogen-bond acceptors (Lipinski definition) is 6. The molecular formula is C33H26Cl2N2O6. The molecule has 0 aliphatic carbocycles. The van der Waals surface area contributed by atoms with Crippen LogP contribution in [0, 0.1) is 6.92 Å². The summed E-state index contributed by atoms with van der Waals surface area (Å²) in [6.45, 7) is 2.50. The molecule has 0 spiro atoms. The number of carbonyl (C=O) groups excluding carboxylic acids is 3. The molecule has 218 valence electrons. The third-order valence-corrected chi connectivity index (χ3v) is 7.26. The molecule has 43 heavy (non-hydrogen) atoms. The van der Waals surface area contributed by atoms with Gasteiger partial charge in [-0.2, -0.15) is 0 Å². The number of imide groups is 2. The molecule has 1 saturated heterocycles. The second-order valence-electron chi connectivity index (χ2n) is 9.64. The summed E-state index contributed by atoms with van der Waals surface area (Å²) in [7, 11) is 1.46. The Hall–Kier alpha value is -4.79. The highest BCUT2D eigenvalue weighted by Crippen LogP contribution is 2.38. The van der Waals surface area contributed by atoms with Gasteiger partial charge in [-0.3, -0.25) is 14.9 Å². The van der Waals surface area contributed by atoms with Crippen molar-refractivity contribution in [2.45, 2.75) is 20.1 Å². The van der Waals surface area contributed by atoms with Crippen LogP contribution in [0.15, 0.2) is 90.5 Å². The molecule has 0 atom stereocenters. The Labute approximate surface area is 258 Å². The van der Waals surface area contributed by atoms with Gasteiger partial charge in [0.05, 0.1) is 17.8 Å². The molecule has 8 nitrogen and oxygen atoms in total. The fourth-order valence-corrected chi connectivity index (χ4v) is 4.79. The van der Waals surface area contributed by atoms with Gasteiger partial charge in [0, 0.05) is 10.6 Å². The summed E-state index contributed by atoms with van der Waals surface area (Å²) in [5.74, 6) is -0.490. The summed E-state index contributed by atoms with van der Waals surface area (Å²) in [4.78, 5) is 39.7. The average molecular weight is 617 g/mol. The molecule has 4 amide bonds. The van der Waals surface area contributed by atoms with Gasteiger partial charge in [-0.25, -0.2) is 9.69 Å². The van der Waals surface area contributed by atoms with Gasteiger partial charge in [0.15, 0.2) is 11.5 Å². The smallest absolute Gasteiger partial charge is 0.335 e. The van der Waals surface area contributed by atoms with Crippen molar-refractivity contribution in [3.63, 3.8) is 0 Å². The molecule has 1 aliphatic rings. The lowest BCUT2D eigenvalue weighted by Crippen LogP contribution is -2.54. The Kier molecular flexibility index (Phi) is 8.99. The molecule has 0 radical (unpaired) electrons. The highest BCUT2D eigenvalue weighted by Gasteiger charge is 2.37. The minimum absolute atomic E-state index is 0.224. The summed E-state index contributed by atoms with van der Waals surface area (Å²) in [6, 6.07) is 23.8. The number of nitrogens with one attached hydrogen (secondary N) is 1. The zero-order valence-electron chi connectivity index (χ0n) is 23.2. The topological polar surface area (TPSA) is 94.2 Å². The van der Waals surface area contributed by atoms with Crippen LogP contribution in [0.25, 0.3) is 6.08 Å². The number of benzene rings is 4. The van der Waals surface area contributed by atoms with E-state index in [9.17, 15) is 14.4 Å². The summed E-state index contributed by atoms with van der Waals surface area (Å²) >= 11 is 12.7. The molecule has 1 aliphatic heterocycles. The Morgan fingerprint density at radius 3 is 2.26 bits per heavy atom. The number of rotatable bonds is 9. The lowest BCUT2D eigenvalue weighted by molar-refractivity contribution is -0.122. The van der Waals surface area contributed by atoms with E-state index in [0.717, 1.165) is 21.6 Å². The predicted molar refractivity (Wildman–Crippen MR) is 165 cm³/mol. The average Bonchev–Trinajstić information content (AvgIpc) is 2.99. The number of amides is 4. The van der Waals surface area contributed by atoms with Crippen molar-refractivity contribution < 1.29 is 28.6 Å². The lowest BCUT2D eigenvalue weighted by Gasteiger charge is -2.26. The maximum atomic E-state index is 13.4. The number of anilines is 1. The largest absolute Gasteiger partial charge is 0.493 e. The van der Waals surface area contributed by atoms with E-state index in [4.69, 9.17) is 37.4 Å². The third kappa shape index (κ3) is 6.83. The van der Waals surface area contributed by atoms with E-state index in [1.807, 2.05) is 49.4 Å². The van der Waals surface area contributed by atoms with E-state index in [-0.39, 0.29) is 29.5 Å². The number of nitrogens with zero attached hydrogens (tertiary/aromatic N) is 1. The molecule has 0 aromatic heterocycles. The molecule has 5 rings (SSSR count). The molecule has 1 fully saturated rings. The van der Waals surface area contributed by atoms with Gasteiger partial charge >= 0.3 is 6.03 Å². The van der Waals surface area contributed by atoms with Crippen LogP contribution in [0.5, 0.6) is 17.2 Å². The number of urea groups is 1. The van der Waals surface area contributed by atoms with Crippen LogP contribution < -0.4 is 24.4 Å². The van der Waals surface area contributed by atoms with Crippen molar-refractivity contribution in [2.75, 3.05) is 12.0 Å². The van der Waals surface area contributed by atoms with Gasteiger partial charge in [0.25, 0.3) is 11.8 Å². The predicted octanol–water partition coefficient (Wildman–Crippen LogP) is 7.13. The molecule has 4 aromatic carbocycles. The Balaban J connectivity index is 1.34. The summed E-state index contributed by atoms with van der Waals surface area (Å²) in [5, 5.41) is 3.03. The van der Waals surface area contributed by atoms with Crippen molar-refractivity contribution >= 4 is 52.8 Å². The zero-order valence-corrected chi connectivity index (χ0v) is 24.7. The van der Waals surface area contributed by atoms with E-state index in [0.29, 0.717) is 27.8 Å². The summed E-state index contributed by atoms with van der Waals surface area (Å²) in [6.07, 6.45) is 1.34. The molecule has 10 heteroatoms. The van der Waals surface area contributed by atoms with Gasteiger partial charge in [-0.15, -0.1) is 0 Å². The standard InChI is InChI=1S/C33H26Cl2N2O6/c1-20-7-9-21(10-8-20)18-43-30-28(35)16-22(17-29(30)41-2)15-26-31(38)36-33(40)37(32(26)39)24-11-13-25(14-12-24)42-19-23-5-3-4-6-27(23)34/h3-17H,18-19H2,1-2H3,(H,36,38,40)/b26-15+. The van der Waals surface area contributed by atoms with Crippen LogP contribution in [0.4, 0.5) is 10.5 Å². The van der Waals surface area contributed by atoms with Gasteiger partial charge in [-0.05, 0) is 66.6 Å². The van der Waals surface area contributed by atoms with Gasteiger partial charge < -0.3 is 14.2 Å². The van der Waals surface area contributed by atoms with Crippen molar-refractivity contribution in [2.24, 2.45) is 0 Å². The zero-order chi connectivity index (χ0) is 30.5. The monoisotopic (exact) mass is 616 g/mol. The maximum absolute atomic E-state index is 13.4. The quantitative estimate of drug-likeness (QED) is 0.159. The Morgan fingerprint density at radius 1 is 0.837 bits per heavy atom. The number of barbiturate groups is 1. The summed E-state index contributed by atoms with van der Waals surface area (Å²) in [5.41, 5.74) is 3.29. The first kappa shape index (κ1) is 29.7. The second-order valence-corrected chi connectivity index (χ2v) is 10.5. The fraction of sp³-hybridized carbons (Fsp3) is 0.121. The third-order valence-electron chi connectivity index (χ3n) is 6.62. The summed E-state index contributed by atoms with van der Waals surface area (Å²) < 4.78 is 17.2. The van der Waals surface area contributed by atoms with Crippen LogP contribution in [0.1, 0.15) is 22.3 Å². The number of hydrogen-bond donors (Lipinski definition) is 1. The first-order chi connectivity index (χ1) is 20.7. The SMILES string of the molecule is COc1cc(/C=C2\C(=O)NC(=O)N(c3ccc(OCc4ccccc4Cl)cc3)C2=O)cc(Cl)c1OCc1ccc(C)cc1. The molecule has 0 saturated carbocycles. The van der Waals surface area contributed by atoms with Crippen LogP contribution in [0.3, 0.4) is 0 Å². The molecule has 1 N–H and O–H groups in total. The highest BCUT2D eigenvalue weighted by atomic mass is 35.5. The lowest BCUT2D eigenvalue weighted by atomic mass is 10.1. The Bertz CT molecular complexity index is 1720. The van der Waals surface area contributed by atoms with Crippen LogP contribution >= 0.6 is 23.2 Å². The van der Waals surface area contributed by atoms with E-state index in [1.165, 1.54) is 13.2 Å². The number of aryl methyl sites for hydroxylation is 1. The molecule has 0 unspecified atom stereocenters.